The molecular weight excluding hydrogens is 202 g/mol. The first-order chi connectivity index (χ1) is 4.76. The molecule has 0 aliphatic heterocycles. The Bertz CT molecular complexity index is 161. The van der Waals surface area contributed by atoms with Crippen LogP contribution in [-0.4, -0.2) is 17.5 Å². The van der Waals surface area contributed by atoms with Gasteiger partial charge >= 0.3 is 0 Å². The van der Waals surface area contributed by atoms with E-state index >= 15 is 0 Å². The van der Waals surface area contributed by atoms with Gasteiger partial charge in [-0.25, -0.2) is 0 Å². The summed E-state index contributed by atoms with van der Waals surface area (Å²) >= 11 is 3.47. The third-order valence-electron chi connectivity index (χ3n) is 2.01. The summed E-state index contributed by atoms with van der Waals surface area (Å²) in [4.78, 5) is 2.26. The molecule has 0 aliphatic carbocycles. The molecule has 0 spiro atoms. The topological polar surface area (TPSA) is 3.24 Å². The molecule has 11 heavy (non-hydrogen) atoms. The minimum atomic E-state index is 0.207. The lowest BCUT2D eigenvalue weighted by atomic mass is 10.1. The van der Waals surface area contributed by atoms with Crippen molar-refractivity contribution in [1.82, 2.24) is 4.90 Å². The lowest BCUT2D eigenvalue weighted by molar-refractivity contribution is 0.227. The van der Waals surface area contributed by atoms with Crippen LogP contribution in [0.2, 0.25) is 0 Å². The van der Waals surface area contributed by atoms with E-state index in [9.17, 15) is 0 Å². The van der Waals surface area contributed by atoms with Gasteiger partial charge in [0.2, 0.25) is 0 Å². The second-order valence-electron chi connectivity index (χ2n) is 3.85. The molecule has 0 amide bonds. The zero-order valence-corrected chi connectivity index (χ0v) is 9.91. The van der Waals surface area contributed by atoms with Crippen molar-refractivity contribution in [1.29, 1.82) is 0 Å². The molecule has 0 rings (SSSR count). The van der Waals surface area contributed by atoms with Gasteiger partial charge in [-0.1, -0.05) is 15.9 Å². The van der Waals surface area contributed by atoms with E-state index in [-0.39, 0.29) is 5.54 Å². The third-order valence-corrected chi connectivity index (χ3v) is 2.58. The van der Waals surface area contributed by atoms with E-state index in [1.54, 1.807) is 0 Å². The van der Waals surface area contributed by atoms with Crippen molar-refractivity contribution in [2.75, 3.05) is 7.05 Å². The van der Waals surface area contributed by atoms with Crippen LogP contribution in [0.4, 0.5) is 0 Å². The fourth-order valence-electron chi connectivity index (χ4n) is 0.734. The Morgan fingerprint density at radius 2 is 1.55 bits per heavy atom. The van der Waals surface area contributed by atoms with Crippen molar-refractivity contribution in [3.05, 3.63) is 10.2 Å². The molecule has 0 unspecified atom stereocenters. The quantitative estimate of drug-likeness (QED) is 0.654. The largest absolute Gasteiger partial charge is 0.373 e. The summed E-state index contributed by atoms with van der Waals surface area (Å²) in [6, 6.07) is 0. The van der Waals surface area contributed by atoms with E-state index in [0.717, 1.165) is 0 Å². The minimum Gasteiger partial charge on any atom is -0.373 e. The number of hydrogen-bond donors (Lipinski definition) is 0. The molecule has 0 bridgehead atoms. The summed E-state index contributed by atoms with van der Waals surface area (Å²) in [5.41, 5.74) is 1.50. The summed E-state index contributed by atoms with van der Waals surface area (Å²) in [5, 5.41) is 0. The normalized spacial score (nSPS) is 14.5. The Labute approximate surface area is 78.6 Å². The zero-order chi connectivity index (χ0) is 9.23. The molecular formula is C9H18BrN. The molecule has 1 nitrogen and oxygen atoms in total. The van der Waals surface area contributed by atoms with E-state index in [2.05, 4.69) is 62.5 Å². The molecule has 0 fully saturated rings. The lowest BCUT2D eigenvalue weighted by Gasteiger charge is -2.35. The van der Waals surface area contributed by atoms with E-state index in [4.69, 9.17) is 0 Å². The van der Waals surface area contributed by atoms with E-state index < -0.39 is 0 Å². The van der Waals surface area contributed by atoms with Crippen LogP contribution in [-0.2, 0) is 0 Å². The smallest absolute Gasteiger partial charge is 0.0311 e. The van der Waals surface area contributed by atoms with Crippen molar-refractivity contribution in [3.8, 4) is 0 Å². The maximum absolute atomic E-state index is 3.47. The molecule has 0 saturated carbocycles. The first kappa shape index (κ1) is 11.0. The fourth-order valence-corrected chi connectivity index (χ4v) is 1.00. The van der Waals surface area contributed by atoms with Crippen molar-refractivity contribution >= 4 is 15.9 Å². The molecule has 66 valence electrons. The number of allylic oxidation sites excluding steroid dienone is 2. The first-order valence-electron chi connectivity index (χ1n) is 3.83. The molecule has 0 aromatic rings. The summed E-state index contributed by atoms with van der Waals surface area (Å²) in [6.07, 6.45) is 0. The second kappa shape index (κ2) is 3.61. The summed E-state index contributed by atoms with van der Waals surface area (Å²) in [7, 11) is 2.11. The average molecular weight is 220 g/mol. The van der Waals surface area contributed by atoms with Crippen LogP contribution in [0, 0.1) is 0 Å². The van der Waals surface area contributed by atoms with Crippen molar-refractivity contribution < 1.29 is 0 Å². The van der Waals surface area contributed by atoms with Gasteiger partial charge in [-0.2, -0.15) is 0 Å². The van der Waals surface area contributed by atoms with Gasteiger partial charge in [-0.15, -0.1) is 0 Å². The Hall–Kier alpha value is 0.0200. The van der Waals surface area contributed by atoms with Crippen LogP contribution in [0.1, 0.15) is 34.6 Å². The highest BCUT2D eigenvalue weighted by molar-refractivity contribution is 9.11. The number of nitrogens with zero attached hydrogens (tertiary/aromatic N) is 1. The molecule has 2 heteroatoms. The predicted molar refractivity (Wildman–Crippen MR) is 54.8 cm³/mol. The monoisotopic (exact) mass is 219 g/mol. The Morgan fingerprint density at radius 3 is 1.64 bits per heavy atom. The van der Waals surface area contributed by atoms with Crippen LogP contribution < -0.4 is 0 Å². The fraction of sp³-hybridized carbons (Fsp3) is 0.778. The van der Waals surface area contributed by atoms with Crippen molar-refractivity contribution in [2.45, 2.75) is 40.2 Å². The van der Waals surface area contributed by atoms with Crippen LogP contribution in [0.15, 0.2) is 10.2 Å². The number of hydrogen-bond acceptors (Lipinski definition) is 1. The van der Waals surface area contributed by atoms with Gasteiger partial charge in [-0.3, -0.25) is 0 Å². The standard InChI is InChI=1S/C9H18BrN/c1-7(10)8(2)11(6)9(3,4)5/h1-6H3/b8-7+. The summed E-state index contributed by atoms with van der Waals surface area (Å²) in [6.45, 7) is 10.8. The lowest BCUT2D eigenvalue weighted by Crippen LogP contribution is -2.36. The first-order valence-corrected chi connectivity index (χ1v) is 4.63. The average Bonchev–Trinajstić information content (AvgIpc) is 1.82. The van der Waals surface area contributed by atoms with Gasteiger partial charge in [0.15, 0.2) is 0 Å². The maximum atomic E-state index is 3.47. The van der Waals surface area contributed by atoms with E-state index in [1.807, 2.05) is 0 Å². The molecule has 0 N–H and O–H groups in total. The molecule has 0 aromatic carbocycles. The van der Waals surface area contributed by atoms with Gasteiger partial charge in [0, 0.05) is 22.8 Å². The Kier molecular flexibility index (Phi) is 3.62. The molecule has 0 aliphatic rings. The van der Waals surface area contributed by atoms with Crippen LogP contribution in [0.5, 0.6) is 0 Å². The highest BCUT2D eigenvalue weighted by atomic mass is 79.9. The summed E-state index contributed by atoms with van der Waals surface area (Å²) < 4.78 is 1.20. The van der Waals surface area contributed by atoms with Gasteiger partial charge in [0.25, 0.3) is 0 Å². The van der Waals surface area contributed by atoms with Gasteiger partial charge in [0.1, 0.15) is 0 Å². The van der Waals surface area contributed by atoms with Crippen molar-refractivity contribution in [2.24, 2.45) is 0 Å². The van der Waals surface area contributed by atoms with E-state index in [0.29, 0.717) is 0 Å². The molecule has 0 saturated heterocycles. The van der Waals surface area contributed by atoms with Gasteiger partial charge in [-0.05, 0) is 34.6 Å². The minimum absolute atomic E-state index is 0.207. The Morgan fingerprint density at radius 1 is 1.18 bits per heavy atom. The zero-order valence-electron chi connectivity index (χ0n) is 8.33. The SMILES string of the molecule is C/C(Br)=C(/C)N(C)C(C)(C)C. The van der Waals surface area contributed by atoms with Crippen molar-refractivity contribution in [3.63, 3.8) is 0 Å². The van der Waals surface area contributed by atoms with E-state index in [1.165, 1.54) is 10.2 Å². The highest BCUT2D eigenvalue weighted by Gasteiger charge is 2.17. The predicted octanol–water partition coefficient (Wildman–Crippen LogP) is 3.36. The second-order valence-corrected chi connectivity index (χ2v) is 5.04. The van der Waals surface area contributed by atoms with Crippen LogP contribution in [0.25, 0.3) is 0 Å². The van der Waals surface area contributed by atoms with Gasteiger partial charge < -0.3 is 4.90 Å². The number of rotatable bonds is 1. The molecule has 0 aromatic heterocycles. The third kappa shape index (κ3) is 3.28. The number of halogens is 1. The molecule has 0 heterocycles. The highest BCUT2D eigenvalue weighted by Crippen LogP contribution is 2.21. The van der Waals surface area contributed by atoms with Crippen LogP contribution in [0.3, 0.4) is 0 Å². The molecule has 0 atom stereocenters. The Balaban J connectivity index is 4.52. The summed E-state index contributed by atoms with van der Waals surface area (Å²) in [5.74, 6) is 0. The maximum Gasteiger partial charge on any atom is 0.0311 e. The van der Waals surface area contributed by atoms with Crippen LogP contribution >= 0.6 is 15.9 Å². The van der Waals surface area contributed by atoms with Gasteiger partial charge in [0.05, 0.1) is 0 Å². The molecule has 0 radical (unpaired) electrons.